The van der Waals surface area contributed by atoms with Crippen molar-refractivity contribution in [3.8, 4) is 5.75 Å². The van der Waals surface area contributed by atoms with E-state index in [-0.39, 0.29) is 5.92 Å². The Labute approximate surface area is 176 Å². The fourth-order valence-electron chi connectivity index (χ4n) is 3.95. The molecule has 1 aliphatic rings. The maximum Gasteiger partial charge on any atom is 0.335 e. The van der Waals surface area contributed by atoms with Gasteiger partial charge in [0.25, 0.3) is 0 Å². The molecule has 2 aromatic carbocycles. The topological polar surface area (TPSA) is 75.8 Å². The number of aromatic nitrogens is 1. The Morgan fingerprint density at radius 1 is 1.17 bits per heavy atom. The van der Waals surface area contributed by atoms with E-state index in [0.29, 0.717) is 12.0 Å². The first kappa shape index (κ1) is 20.2. The SMILES string of the molecule is COc1ccc(Cc2cnc(C3CCCN(Cc4ccc(C(=O)O)cc4)C3)o2)cc1. The van der Waals surface area contributed by atoms with Gasteiger partial charge in [0.1, 0.15) is 11.5 Å². The number of likely N-dealkylation sites (tertiary alicyclic amines) is 1. The second kappa shape index (κ2) is 9.13. The van der Waals surface area contributed by atoms with Gasteiger partial charge in [-0.2, -0.15) is 0 Å². The van der Waals surface area contributed by atoms with Gasteiger partial charge in [-0.05, 0) is 54.8 Å². The first-order valence-electron chi connectivity index (χ1n) is 10.2. The first-order valence-corrected chi connectivity index (χ1v) is 10.2. The summed E-state index contributed by atoms with van der Waals surface area (Å²) < 4.78 is 11.3. The van der Waals surface area contributed by atoms with Crippen LogP contribution in [0.1, 0.15) is 51.9 Å². The van der Waals surface area contributed by atoms with Crippen molar-refractivity contribution in [1.82, 2.24) is 9.88 Å². The Balaban J connectivity index is 1.36. The lowest BCUT2D eigenvalue weighted by Gasteiger charge is -2.31. The zero-order valence-corrected chi connectivity index (χ0v) is 17.1. The molecule has 0 radical (unpaired) electrons. The van der Waals surface area contributed by atoms with Crippen LogP contribution in [-0.2, 0) is 13.0 Å². The summed E-state index contributed by atoms with van der Waals surface area (Å²) >= 11 is 0. The minimum Gasteiger partial charge on any atom is -0.497 e. The van der Waals surface area contributed by atoms with E-state index in [0.717, 1.165) is 61.0 Å². The minimum absolute atomic E-state index is 0.279. The number of benzene rings is 2. The van der Waals surface area contributed by atoms with Crippen molar-refractivity contribution in [2.24, 2.45) is 0 Å². The number of oxazole rings is 1. The maximum atomic E-state index is 11.0. The number of rotatable bonds is 7. The fourth-order valence-corrected chi connectivity index (χ4v) is 3.95. The van der Waals surface area contributed by atoms with Crippen LogP contribution in [0.25, 0.3) is 0 Å². The number of hydrogen-bond donors (Lipinski definition) is 1. The highest BCUT2D eigenvalue weighted by atomic mass is 16.5. The first-order chi connectivity index (χ1) is 14.6. The second-order valence-corrected chi connectivity index (χ2v) is 7.77. The van der Waals surface area contributed by atoms with Gasteiger partial charge in [-0.3, -0.25) is 4.90 Å². The van der Waals surface area contributed by atoms with Crippen molar-refractivity contribution < 1.29 is 19.1 Å². The Bertz CT molecular complexity index is 979. The van der Waals surface area contributed by atoms with Crippen LogP contribution in [0.3, 0.4) is 0 Å². The molecule has 1 atom stereocenters. The molecule has 1 saturated heterocycles. The molecular formula is C24H26N2O4. The van der Waals surface area contributed by atoms with Crippen molar-refractivity contribution in [2.45, 2.75) is 31.7 Å². The van der Waals surface area contributed by atoms with Gasteiger partial charge < -0.3 is 14.3 Å². The Kier molecular flexibility index (Phi) is 6.14. The number of nitrogens with zero attached hydrogens (tertiary/aromatic N) is 2. The number of carboxylic acids is 1. The Hall–Kier alpha value is -3.12. The van der Waals surface area contributed by atoms with Crippen molar-refractivity contribution in [3.05, 3.63) is 83.1 Å². The van der Waals surface area contributed by atoms with Gasteiger partial charge in [0.2, 0.25) is 0 Å². The van der Waals surface area contributed by atoms with Crippen LogP contribution in [-0.4, -0.2) is 41.2 Å². The third kappa shape index (κ3) is 4.89. The lowest BCUT2D eigenvalue weighted by atomic mass is 9.97. The molecule has 0 saturated carbocycles. The molecule has 6 nitrogen and oxygen atoms in total. The van der Waals surface area contributed by atoms with E-state index in [9.17, 15) is 4.79 Å². The predicted octanol–water partition coefficient (Wildman–Crippen LogP) is 4.35. The lowest BCUT2D eigenvalue weighted by molar-refractivity contribution is 0.0697. The summed E-state index contributed by atoms with van der Waals surface area (Å²) in [5, 5.41) is 9.04. The van der Waals surface area contributed by atoms with E-state index >= 15 is 0 Å². The smallest absolute Gasteiger partial charge is 0.335 e. The summed E-state index contributed by atoms with van der Waals surface area (Å²) in [5.41, 5.74) is 2.60. The summed E-state index contributed by atoms with van der Waals surface area (Å²) in [7, 11) is 1.66. The van der Waals surface area contributed by atoms with E-state index in [4.69, 9.17) is 14.3 Å². The number of carboxylic acid groups (broad SMARTS) is 1. The summed E-state index contributed by atoms with van der Waals surface area (Å²) in [6, 6.07) is 15.1. The summed E-state index contributed by atoms with van der Waals surface area (Å²) in [6.45, 7) is 2.72. The number of ether oxygens (including phenoxy) is 1. The normalized spacial score (nSPS) is 17.0. The summed E-state index contributed by atoms with van der Waals surface area (Å²) in [6.07, 6.45) is 4.71. The second-order valence-electron chi connectivity index (χ2n) is 7.77. The Morgan fingerprint density at radius 2 is 1.90 bits per heavy atom. The van der Waals surface area contributed by atoms with Gasteiger partial charge in [-0.25, -0.2) is 9.78 Å². The molecule has 156 valence electrons. The van der Waals surface area contributed by atoms with Crippen LogP contribution in [0.2, 0.25) is 0 Å². The average Bonchev–Trinajstić information content (AvgIpc) is 3.23. The number of methoxy groups -OCH3 is 1. The predicted molar refractivity (Wildman–Crippen MR) is 113 cm³/mol. The fraction of sp³-hybridized carbons (Fsp3) is 0.333. The zero-order chi connectivity index (χ0) is 20.9. The van der Waals surface area contributed by atoms with Crippen LogP contribution in [0, 0.1) is 0 Å². The summed E-state index contributed by atoms with van der Waals surface area (Å²) in [4.78, 5) is 18.0. The molecule has 0 bridgehead atoms. The van der Waals surface area contributed by atoms with Crippen LogP contribution >= 0.6 is 0 Å². The van der Waals surface area contributed by atoms with Crippen LogP contribution in [0.4, 0.5) is 0 Å². The van der Waals surface area contributed by atoms with Gasteiger partial charge in [0, 0.05) is 25.4 Å². The highest BCUT2D eigenvalue weighted by Crippen LogP contribution is 2.28. The van der Waals surface area contributed by atoms with E-state index in [2.05, 4.69) is 9.88 Å². The molecule has 1 aromatic heterocycles. The third-order valence-electron chi connectivity index (χ3n) is 5.57. The van der Waals surface area contributed by atoms with Crippen LogP contribution in [0.15, 0.2) is 59.1 Å². The minimum atomic E-state index is -0.895. The molecule has 1 N–H and O–H groups in total. The quantitative estimate of drug-likeness (QED) is 0.629. The van der Waals surface area contributed by atoms with Gasteiger partial charge in [0.15, 0.2) is 5.89 Å². The largest absolute Gasteiger partial charge is 0.497 e. The lowest BCUT2D eigenvalue weighted by Crippen LogP contribution is -2.34. The standard InChI is InChI=1S/C24H26N2O4/c1-29-21-10-6-17(7-11-21)13-22-14-25-23(30-22)20-3-2-12-26(16-20)15-18-4-8-19(9-5-18)24(27)28/h4-11,14,20H,2-3,12-13,15-16H2,1H3,(H,27,28). The molecule has 3 aromatic rings. The number of aromatic carboxylic acids is 1. The van der Waals surface area contributed by atoms with E-state index < -0.39 is 5.97 Å². The number of piperidine rings is 1. The molecule has 30 heavy (non-hydrogen) atoms. The Morgan fingerprint density at radius 3 is 2.60 bits per heavy atom. The van der Waals surface area contributed by atoms with E-state index in [1.54, 1.807) is 19.2 Å². The van der Waals surface area contributed by atoms with Gasteiger partial charge in [0.05, 0.1) is 18.9 Å². The van der Waals surface area contributed by atoms with Crippen molar-refractivity contribution >= 4 is 5.97 Å². The molecule has 0 aliphatic carbocycles. The molecular weight excluding hydrogens is 380 g/mol. The molecule has 4 rings (SSSR count). The summed E-state index contributed by atoms with van der Waals surface area (Å²) in [5.74, 6) is 1.91. The molecule has 1 fully saturated rings. The van der Waals surface area contributed by atoms with Crippen LogP contribution < -0.4 is 4.74 Å². The molecule has 1 aliphatic heterocycles. The highest BCUT2D eigenvalue weighted by Gasteiger charge is 2.25. The van der Waals surface area contributed by atoms with Crippen molar-refractivity contribution in [1.29, 1.82) is 0 Å². The van der Waals surface area contributed by atoms with Gasteiger partial charge in [-0.15, -0.1) is 0 Å². The zero-order valence-electron chi connectivity index (χ0n) is 17.1. The monoisotopic (exact) mass is 406 g/mol. The van der Waals surface area contributed by atoms with Crippen molar-refractivity contribution in [2.75, 3.05) is 20.2 Å². The van der Waals surface area contributed by atoms with E-state index in [1.807, 2.05) is 42.6 Å². The van der Waals surface area contributed by atoms with Gasteiger partial charge >= 0.3 is 5.97 Å². The maximum absolute atomic E-state index is 11.0. The van der Waals surface area contributed by atoms with Crippen molar-refractivity contribution in [3.63, 3.8) is 0 Å². The van der Waals surface area contributed by atoms with E-state index in [1.165, 1.54) is 0 Å². The third-order valence-corrected chi connectivity index (χ3v) is 5.57. The molecule has 6 heteroatoms. The number of hydrogen-bond acceptors (Lipinski definition) is 5. The van der Waals surface area contributed by atoms with Crippen LogP contribution in [0.5, 0.6) is 5.75 Å². The average molecular weight is 406 g/mol. The molecule has 0 amide bonds. The molecule has 2 heterocycles. The highest BCUT2D eigenvalue weighted by molar-refractivity contribution is 5.87. The van der Waals surface area contributed by atoms with Gasteiger partial charge in [-0.1, -0.05) is 24.3 Å². The number of carbonyl (C=O) groups is 1. The molecule has 1 unspecified atom stereocenters. The molecule has 0 spiro atoms.